The van der Waals surface area contributed by atoms with Crippen LogP contribution in [0.25, 0.3) is 10.1 Å². The van der Waals surface area contributed by atoms with Crippen molar-refractivity contribution in [1.29, 1.82) is 0 Å². The number of fused-ring (bicyclic) bond motifs is 1. The Morgan fingerprint density at radius 1 is 1.00 bits per heavy atom. The second-order valence-electron chi connectivity index (χ2n) is 8.45. The lowest BCUT2D eigenvalue weighted by atomic mass is 10.2. The average Bonchev–Trinajstić information content (AvgIpc) is 3.29. The Bertz CT molecular complexity index is 1390. The largest absolute Gasteiger partial charge is 0.352 e. The zero-order valence-electron chi connectivity index (χ0n) is 19.9. The first-order valence-electron chi connectivity index (χ1n) is 11.5. The maximum Gasteiger partial charge on any atom is 0.326 e. The predicted molar refractivity (Wildman–Crippen MR) is 146 cm³/mol. The van der Waals surface area contributed by atoms with E-state index in [1.807, 2.05) is 36.9 Å². The van der Waals surface area contributed by atoms with E-state index in [2.05, 4.69) is 47.0 Å². The quantitative estimate of drug-likeness (QED) is 0.292. The Morgan fingerprint density at radius 2 is 1.69 bits per heavy atom. The van der Waals surface area contributed by atoms with Crippen LogP contribution in [0, 0.1) is 13.8 Å². The summed E-state index contributed by atoms with van der Waals surface area (Å²) >= 11 is 7.47. The highest BCUT2D eigenvalue weighted by Crippen LogP contribution is 2.29. The molecule has 5 rings (SSSR count). The molecule has 1 saturated heterocycles. The van der Waals surface area contributed by atoms with Gasteiger partial charge in [-0.15, -0.1) is 0 Å². The molecule has 184 valence electrons. The first-order chi connectivity index (χ1) is 17.4. The Morgan fingerprint density at radius 3 is 2.42 bits per heavy atom. The maximum atomic E-state index is 12.8. The normalized spacial score (nSPS) is 14.2. The van der Waals surface area contributed by atoms with Crippen LogP contribution in [0.3, 0.4) is 0 Å². The van der Waals surface area contributed by atoms with Crippen molar-refractivity contribution in [1.82, 2.24) is 24.6 Å². The summed E-state index contributed by atoms with van der Waals surface area (Å²) in [4.78, 5) is 30.6. The van der Waals surface area contributed by atoms with E-state index >= 15 is 0 Å². The van der Waals surface area contributed by atoms with E-state index in [0.717, 1.165) is 35.7 Å². The minimum absolute atomic E-state index is 0.308. The molecule has 0 atom stereocenters. The topological polar surface area (TPSA) is 98.6 Å². The molecule has 36 heavy (non-hydrogen) atoms. The number of nitrogens with zero attached hydrogens (tertiary/aromatic N) is 6. The molecule has 0 bridgehead atoms. The highest BCUT2D eigenvalue weighted by Gasteiger charge is 2.24. The summed E-state index contributed by atoms with van der Waals surface area (Å²) in [5, 5.41) is 7.48. The first-order valence-corrected chi connectivity index (χ1v) is 12.7. The number of carbonyl (C=O) groups is 1. The number of carbonyl (C=O) groups excluding carboxylic acids is 1. The number of anilines is 2. The number of aromatic nitrogens is 3. The molecule has 3 heterocycles. The van der Waals surface area contributed by atoms with Crippen LogP contribution in [0.1, 0.15) is 11.4 Å². The van der Waals surface area contributed by atoms with E-state index in [-0.39, 0.29) is 0 Å². The van der Waals surface area contributed by atoms with Crippen LogP contribution >= 0.6 is 23.1 Å². The number of guanidine groups is 1. The monoisotopic (exact) mass is 520 g/mol. The van der Waals surface area contributed by atoms with E-state index in [1.165, 1.54) is 16.2 Å². The van der Waals surface area contributed by atoms with E-state index in [4.69, 9.17) is 11.6 Å². The van der Waals surface area contributed by atoms with Gasteiger partial charge in [0.2, 0.25) is 5.96 Å². The van der Waals surface area contributed by atoms with Gasteiger partial charge in [0.1, 0.15) is 5.82 Å². The Kier molecular flexibility index (Phi) is 6.97. The zero-order chi connectivity index (χ0) is 25.1. The minimum atomic E-state index is -0.409. The van der Waals surface area contributed by atoms with Crippen LogP contribution in [-0.2, 0) is 0 Å². The van der Waals surface area contributed by atoms with Crippen molar-refractivity contribution in [3.8, 4) is 0 Å². The Balaban J connectivity index is 1.35. The maximum absolute atomic E-state index is 12.8. The molecular formula is C25H25ClN8OS. The molecule has 1 aliphatic heterocycles. The molecule has 9 nitrogen and oxygen atoms in total. The number of amides is 2. The van der Waals surface area contributed by atoms with Crippen LogP contribution in [0.4, 0.5) is 22.2 Å². The fourth-order valence-corrected chi connectivity index (χ4v) is 4.98. The third-order valence-corrected chi connectivity index (χ3v) is 6.81. The molecule has 11 heteroatoms. The van der Waals surface area contributed by atoms with Crippen molar-refractivity contribution in [3.63, 3.8) is 0 Å². The fourth-order valence-electron chi connectivity index (χ4n) is 4.06. The van der Waals surface area contributed by atoms with Crippen LogP contribution in [0.5, 0.6) is 0 Å². The number of rotatable bonds is 3. The smallest absolute Gasteiger partial charge is 0.326 e. The fraction of sp³-hybridized carbons (Fsp3) is 0.240. The van der Waals surface area contributed by atoms with Gasteiger partial charge in [-0.25, -0.2) is 14.8 Å². The number of halogens is 1. The van der Waals surface area contributed by atoms with Crippen molar-refractivity contribution < 1.29 is 4.79 Å². The molecule has 2 aromatic carbocycles. The highest BCUT2D eigenvalue weighted by atomic mass is 35.5. The molecule has 2 aromatic heterocycles. The van der Waals surface area contributed by atoms with Crippen LogP contribution in [-0.4, -0.2) is 57.4 Å². The number of hydrogen-bond donors (Lipinski definition) is 2. The van der Waals surface area contributed by atoms with Gasteiger partial charge in [-0.1, -0.05) is 23.7 Å². The van der Waals surface area contributed by atoms with Gasteiger partial charge in [0.15, 0.2) is 0 Å². The summed E-state index contributed by atoms with van der Waals surface area (Å²) in [6.45, 7) is 6.56. The molecule has 0 radical (unpaired) electrons. The lowest BCUT2D eigenvalue weighted by Gasteiger charge is -2.36. The van der Waals surface area contributed by atoms with E-state index < -0.39 is 6.03 Å². The molecule has 2 amide bonds. The molecule has 0 saturated carbocycles. The van der Waals surface area contributed by atoms with E-state index in [9.17, 15) is 4.79 Å². The number of nitrogens with one attached hydrogen (secondary N) is 2. The number of benzene rings is 2. The molecular weight excluding hydrogens is 496 g/mol. The zero-order valence-corrected chi connectivity index (χ0v) is 21.5. The molecule has 0 unspecified atom stereocenters. The number of aliphatic imine (C=N–C) groups is 1. The summed E-state index contributed by atoms with van der Waals surface area (Å²) in [5.41, 5.74) is 2.25. The van der Waals surface area contributed by atoms with E-state index in [0.29, 0.717) is 35.7 Å². The molecule has 2 N–H and O–H groups in total. The second kappa shape index (κ2) is 10.5. The van der Waals surface area contributed by atoms with Crippen molar-refractivity contribution in [3.05, 3.63) is 71.0 Å². The van der Waals surface area contributed by atoms with Crippen molar-refractivity contribution in [2.75, 3.05) is 36.4 Å². The summed E-state index contributed by atoms with van der Waals surface area (Å²) in [6.07, 6.45) is 0. The van der Waals surface area contributed by atoms with Crippen molar-refractivity contribution in [2.45, 2.75) is 13.8 Å². The van der Waals surface area contributed by atoms with Gasteiger partial charge in [0.05, 0.1) is 4.70 Å². The summed E-state index contributed by atoms with van der Waals surface area (Å²) < 4.78 is 5.86. The van der Waals surface area contributed by atoms with Crippen LogP contribution in [0.15, 0.2) is 59.6 Å². The lowest BCUT2D eigenvalue weighted by molar-refractivity contribution is 0.254. The van der Waals surface area contributed by atoms with Gasteiger partial charge in [0.25, 0.3) is 5.95 Å². The second-order valence-corrected chi connectivity index (χ2v) is 9.69. The number of aryl methyl sites for hydroxylation is 2. The third-order valence-electron chi connectivity index (χ3n) is 5.74. The minimum Gasteiger partial charge on any atom is -0.352 e. The number of urea groups is 1. The summed E-state index contributed by atoms with van der Waals surface area (Å²) in [7, 11) is 0. The van der Waals surface area contributed by atoms with Gasteiger partial charge < -0.3 is 15.1 Å². The van der Waals surface area contributed by atoms with Crippen molar-refractivity contribution in [2.24, 2.45) is 4.99 Å². The predicted octanol–water partition coefficient (Wildman–Crippen LogP) is 4.99. The Hall–Kier alpha value is -3.76. The van der Waals surface area contributed by atoms with E-state index in [1.54, 1.807) is 24.3 Å². The Labute approximate surface area is 218 Å². The third kappa shape index (κ3) is 5.55. The number of hydrogen-bond acceptors (Lipinski definition) is 7. The number of piperazine rings is 1. The van der Waals surface area contributed by atoms with Gasteiger partial charge in [-0.3, -0.25) is 5.32 Å². The first kappa shape index (κ1) is 24.0. The van der Waals surface area contributed by atoms with Crippen LogP contribution in [0.2, 0.25) is 5.02 Å². The molecule has 0 aliphatic carbocycles. The molecule has 1 fully saturated rings. The SMILES string of the molecule is Cc1cc(C)nc(/N=C(/NC(=O)Nc2ccc(Cl)cc2)N2CCN(c3nsc4ccccc34)CC2)n1. The van der Waals surface area contributed by atoms with Gasteiger partial charge in [-0.05, 0) is 67.8 Å². The molecule has 4 aromatic rings. The summed E-state index contributed by atoms with van der Waals surface area (Å²) in [5.74, 6) is 1.70. The van der Waals surface area contributed by atoms with Crippen LogP contribution < -0.4 is 15.5 Å². The summed E-state index contributed by atoms with van der Waals surface area (Å²) in [6, 6.07) is 16.6. The molecule has 1 aliphatic rings. The van der Waals surface area contributed by atoms with Gasteiger partial charge in [0, 0.05) is 53.7 Å². The molecule has 0 spiro atoms. The van der Waals surface area contributed by atoms with Gasteiger partial charge >= 0.3 is 6.03 Å². The standard InChI is InChI=1S/C25H25ClN8OS/c1-16-15-17(2)28-23(27-16)30-24(31-25(35)29-19-9-7-18(26)8-10-19)34-13-11-33(12-14-34)22-20-5-3-4-6-21(20)36-32-22/h3-10,15H,11-14H2,1-2H3,(H2,27,28,29,30,31,35). The van der Waals surface area contributed by atoms with Gasteiger partial charge in [-0.2, -0.15) is 9.37 Å². The van der Waals surface area contributed by atoms with Crippen molar-refractivity contribution >= 4 is 62.7 Å². The highest BCUT2D eigenvalue weighted by molar-refractivity contribution is 7.13. The lowest BCUT2D eigenvalue weighted by Crippen LogP contribution is -2.54. The average molecular weight is 521 g/mol.